The Hall–Kier alpha value is -2.48. The van der Waals surface area contributed by atoms with Gasteiger partial charge in [-0.1, -0.05) is 44.7 Å². The Balaban J connectivity index is 1.59. The monoisotopic (exact) mass is 415 g/mol. The van der Waals surface area contributed by atoms with E-state index < -0.39 is 11.9 Å². The van der Waals surface area contributed by atoms with Gasteiger partial charge in [-0.25, -0.2) is 4.39 Å². The van der Waals surface area contributed by atoms with Crippen LogP contribution in [0.15, 0.2) is 42.5 Å². The molecular formula is C25H28F3NO. The van der Waals surface area contributed by atoms with Crippen molar-refractivity contribution in [3.8, 4) is 11.8 Å². The average molecular weight is 415 g/mol. The molecule has 1 aliphatic carbocycles. The summed E-state index contributed by atoms with van der Waals surface area (Å²) in [5.74, 6) is 0.0229. The van der Waals surface area contributed by atoms with Crippen LogP contribution in [0, 0.1) is 23.1 Å². The Kier molecular flexibility index (Phi) is 7.42. The SMILES string of the molecule is CCCCC[C@H]1CC[C@H](c2ccc(C(F)(F)Oc3ccc(C#N)c(F)c3)cc2)CC1. The minimum atomic E-state index is -3.59. The molecule has 1 saturated carbocycles. The number of benzene rings is 2. The van der Waals surface area contributed by atoms with Crippen LogP contribution in [-0.2, 0) is 6.11 Å². The second-order valence-electron chi connectivity index (χ2n) is 8.21. The van der Waals surface area contributed by atoms with E-state index in [4.69, 9.17) is 10.00 Å². The Morgan fingerprint density at radius 1 is 1.03 bits per heavy atom. The van der Waals surface area contributed by atoms with Gasteiger partial charge in [0.05, 0.1) is 11.1 Å². The molecule has 2 aromatic rings. The molecule has 0 heterocycles. The highest BCUT2D eigenvalue weighted by molar-refractivity contribution is 5.37. The average Bonchev–Trinajstić information content (AvgIpc) is 2.74. The van der Waals surface area contributed by atoms with Gasteiger partial charge in [-0.2, -0.15) is 14.0 Å². The van der Waals surface area contributed by atoms with E-state index in [9.17, 15) is 13.2 Å². The minimum Gasteiger partial charge on any atom is -0.429 e. The lowest BCUT2D eigenvalue weighted by atomic mass is 9.77. The molecule has 0 radical (unpaired) electrons. The van der Waals surface area contributed by atoms with Crippen LogP contribution in [0.1, 0.15) is 80.9 Å². The molecule has 30 heavy (non-hydrogen) atoms. The molecule has 0 spiro atoms. The third-order valence-corrected chi connectivity index (χ3v) is 6.09. The first-order valence-electron chi connectivity index (χ1n) is 10.8. The van der Waals surface area contributed by atoms with Gasteiger partial charge in [-0.05, 0) is 67.3 Å². The second-order valence-corrected chi connectivity index (χ2v) is 8.21. The zero-order valence-electron chi connectivity index (χ0n) is 17.3. The highest BCUT2D eigenvalue weighted by Crippen LogP contribution is 2.39. The molecule has 160 valence electrons. The number of ether oxygens (including phenoxy) is 1. The summed E-state index contributed by atoms with van der Waals surface area (Å²) in [6, 6.07) is 11.1. The summed E-state index contributed by atoms with van der Waals surface area (Å²) in [5.41, 5.74) is 0.602. The number of hydrogen-bond acceptors (Lipinski definition) is 2. The van der Waals surface area contributed by atoms with Gasteiger partial charge in [0.2, 0.25) is 0 Å². The largest absolute Gasteiger partial charge is 0.429 e. The predicted octanol–water partition coefficient (Wildman–Crippen LogP) is 7.68. The lowest BCUT2D eigenvalue weighted by Crippen LogP contribution is -2.22. The molecule has 5 heteroatoms. The van der Waals surface area contributed by atoms with Gasteiger partial charge in [-0.3, -0.25) is 0 Å². The van der Waals surface area contributed by atoms with Crippen LogP contribution in [0.2, 0.25) is 0 Å². The summed E-state index contributed by atoms with van der Waals surface area (Å²) in [4.78, 5) is 0. The third kappa shape index (κ3) is 5.56. The Morgan fingerprint density at radius 2 is 1.73 bits per heavy atom. The van der Waals surface area contributed by atoms with Crippen molar-refractivity contribution >= 4 is 0 Å². The van der Waals surface area contributed by atoms with Crippen LogP contribution in [0.5, 0.6) is 5.75 Å². The molecule has 3 rings (SSSR count). The van der Waals surface area contributed by atoms with Crippen molar-refractivity contribution in [1.29, 1.82) is 5.26 Å². The van der Waals surface area contributed by atoms with Crippen LogP contribution in [0.4, 0.5) is 13.2 Å². The maximum absolute atomic E-state index is 14.5. The van der Waals surface area contributed by atoms with Crippen LogP contribution >= 0.6 is 0 Å². The van der Waals surface area contributed by atoms with Crippen molar-refractivity contribution in [2.45, 2.75) is 70.3 Å². The summed E-state index contributed by atoms with van der Waals surface area (Å²) in [5, 5.41) is 8.74. The number of nitriles is 1. The maximum atomic E-state index is 14.5. The highest BCUT2D eigenvalue weighted by Gasteiger charge is 2.35. The predicted molar refractivity (Wildman–Crippen MR) is 111 cm³/mol. The molecule has 0 atom stereocenters. The Labute approximate surface area is 176 Å². The molecule has 0 N–H and O–H groups in total. The van der Waals surface area contributed by atoms with Gasteiger partial charge in [-0.15, -0.1) is 0 Å². The summed E-state index contributed by atoms with van der Waals surface area (Å²) in [6.07, 6.45) is 6.19. The Bertz CT molecular complexity index is 865. The molecule has 2 nitrogen and oxygen atoms in total. The number of alkyl halides is 2. The van der Waals surface area contributed by atoms with Gasteiger partial charge >= 0.3 is 6.11 Å². The molecule has 1 aliphatic rings. The van der Waals surface area contributed by atoms with Crippen LogP contribution < -0.4 is 4.74 Å². The third-order valence-electron chi connectivity index (χ3n) is 6.09. The van der Waals surface area contributed by atoms with Crippen molar-refractivity contribution in [2.75, 3.05) is 0 Å². The zero-order valence-corrected chi connectivity index (χ0v) is 17.3. The molecule has 0 bridgehead atoms. The van der Waals surface area contributed by atoms with E-state index in [1.54, 1.807) is 18.2 Å². The first kappa shape index (κ1) is 22.2. The standard InChI is InChI=1S/C25H28F3NO/c1-2-3-4-5-18-6-8-19(9-7-18)20-10-13-22(14-11-20)25(27,28)30-23-15-12-21(17-29)24(26)16-23/h10-16,18-19H,2-9H2,1H3/t18-,19-. The smallest absolute Gasteiger partial charge is 0.426 e. The van der Waals surface area contributed by atoms with Gasteiger partial charge in [0, 0.05) is 6.07 Å². The van der Waals surface area contributed by atoms with Crippen molar-refractivity contribution in [2.24, 2.45) is 5.92 Å². The van der Waals surface area contributed by atoms with E-state index in [0.717, 1.165) is 36.5 Å². The number of hydrogen-bond donors (Lipinski definition) is 0. The normalized spacial score (nSPS) is 19.3. The van der Waals surface area contributed by atoms with Crippen molar-refractivity contribution in [3.05, 3.63) is 65.0 Å². The van der Waals surface area contributed by atoms with E-state index in [2.05, 4.69) is 6.92 Å². The quantitative estimate of drug-likeness (QED) is 0.414. The van der Waals surface area contributed by atoms with Gasteiger partial charge in [0.25, 0.3) is 0 Å². The number of rotatable bonds is 8. The van der Waals surface area contributed by atoms with Crippen molar-refractivity contribution < 1.29 is 17.9 Å². The molecule has 0 amide bonds. The van der Waals surface area contributed by atoms with Crippen LogP contribution in [0.3, 0.4) is 0 Å². The number of unbranched alkanes of at least 4 members (excludes halogenated alkanes) is 2. The molecule has 0 unspecified atom stereocenters. The van der Waals surface area contributed by atoms with Gasteiger partial charge < -0.3 is 4.74 Å². The summed E-state index contributed by atoms with van der Waals surface area (Å²) >= 11 is 0. The second kappa shape index (κ2) is 10.0. The fourth-order valence-corrected chi connectivity index (χ4v) is 4.27. The first-order valence-corrected chi connectivity index (χ1v) is 10.8. The van der Waals surface area contributed by atoms with E-state index in [-0.39, 0.29) is 16.9 Å². The van der Waals surface area contributed by atoms with Crippen LogP contribution in [-0.4, -0.2) is 0 Å². The molecule has 0 aliphatic heterocycles. The summed E-state index contributed by atoms with van der Waals surface area (Å²) in [7, 11) is 0. The number of halogens is 3. The van der Waals surface area contributed by atoms with E-state index in [0.29, 0.717) is 5.92 Å². The van der Waals surface area contributed by atoms with E-state index in [1.165, 1.54) is 56.7 Å². The lowest BCUT2D eigenvalue weighted by Gasteiger charge is -2.29. The molecule has 1 fully saturated rings. The molecule has 0 saturated heterocycles. The van der Waals surface area contributed by atoms with E-state index >= 15 is 0 Å². The maximum Gasteiger partial charge on any atom is 0.426 e. The highest BCUT2D eigenvalue weighted by atomic mass is 19.3. The fraction of sp³-hybridized carbons (Fsp3) is 0.480. The van der Waals surface area contributed by atoms with Crippen LogP contribution in [0.25, 0.3) is 0 Å². The van der Waals surface area contributed by atoms with Crippen molar-refractivity contribution in [3.63, 3.8) is 0 Å². The fourth-order valence-electron chi connectivity index (χ4n) is 4.27. The summed E-state index contributed by atoms with van der Waals surface area (Å²) < 4.78 is 47.4. The zero-order chi connectivity index (χ0) is 21.6. The van der Waals surface area contributed by atoms with E-state index in [1.807, 2.05) is 0 Å². The molecule has 2 aromatic carbocycles. The molecule has 0 aromatic heterocycles. The first-order chi connectivity index (χ1) is 14.4. The molecular weight excluding hydrogens is 387 g/mol. The van der Waals surface area contributed by atoms with Gasteiger partial charge in [0.1, 0.15) is 17.6 Å². The number of nitrogens with zero attached hydrogens (tertiary/aromatic N) is 1. The minimum absolute atomic E-state index is 0.213. The topological polar surface area (TPSA) is 33.0 Å². The lowest BCUT2D eigenvalue weighted by molar-refractivity contribution is -0.185. The Morgan fingerprint density at radius 3 is 2.33 bits per heavy atom. The van der Waals surface area contributed by atoms with Crippen molar-refractivity contribution in [1.82, 2.24) is 0 Å². The summed E-state index contributed by atoms with van der Waals surface area (Å²) in [6.45, 7) is 2.22. The van der Waals surface area contributed by atoms with Gasteiger partial charge in [0.15, 0.2) is 0 Å².